The average molecular weight is 256 g/mol. The summed E-state index contributed by atoms with van der Waals surface area (Å²) in [7, 11) is 0. The first-order chi connectivity index (χ1) is 9.09. The van der Waals surface area contributed by atoms with E-state index in [0.29, 0.717) is 12.0 Å². The van der Waals surface area contributed by atoms with Crippen molar-refractivity contribution in [2.75, 3.05) is 19.6 Å². The summed E-state index contributed by atoms with van der Waals surface area (Å²) in [5.41, 5.74) is 8.32. The summed E-state index contributed by atoms with van der Waals surface area (Å²) in [5, 5.41) is 0. The molecule has 1 aromatic carbocycles. The predicted octanol–water partition coefficient (Wildman–Crippen LogP) is 2.62. The molecule has 1 aliphatic rings. The molecule has 2 rings (SSSR count). The number of piperidine rings is 1. The third-order valence-electron chi connectivity index (χ3n) is 3.90. The first-order valence-corrected chi connectivity index (χ1v) is 7.09. The number of hydrogen-bond acceptors (Lipinski definition) is 2. The van der Waals surface area contributed by atoms with Crippen molar-refractivity contribution in [3.8, 4) is 11.8 Å². The fourth-order valence-electron chi connectivity index (χ4n) is 2.42. The van der Waals surface area contributed by atoms with Gasteiger partial charge in [0.1, 0.15) is 0 Å². The Bertz CT molecular complexity index is 452. The fraction of sp³-hybridized carbons (Fsp3) is 0.529. The minimum atomic E-state index is 0.422. The molecule has 1 saturated heterocycles. The summed E-state index contributed by atoms with van der Waals surface area (Å²) in [6.45, 7) is 8.64. The molecule has 0 unspecified atom stereocenters. The second kappa shape index (κ2) is 6.23. The van der Waals surface area contributed by atoms with Crippen LogP contribution in [0.1, 0.15) is 37.8 Å². The second-order valence-electron chi connectivity index (χ2n) is 6.14. The molecule has 0 spiro atoms. The van der Waals surface area contributed by atoms with Crippen molar-refractivity contribution < 1.29 is 0 Å². The lowest BCUT2D eigenvalue weighted by atomic mass is 9.82. The van der Waals surface area contributed by atoms with Gasteiger partial charge in [0.05, 0.1) is 6.54 Å². The summed E-state index contributed by atoms with van der Waals surface area (Å²) < 4.78 is 0. The lowest BCUT2D eigenvalue weighted by molar-refractivity contribution is 0.127. The smallest absolute Gasteiger partial charge is 0.0555 e. The molecule has 2 heteroatoms. The van der Waals surface area contributed by atoms with E-state index < -0.39 is 0 Å². The monoisotopic (exact) mass is 256 g/mol. The number of benzene rings is 1. The molecule has 1 aromatic rings. The van der Waals surface area contributed by atoms with Gasteiger partial charge >= 0.3 is 0 Å². The highest BCUT2D eigenvalue weighted by molar-refractivity contribution is 5.36. The Labute approximate surface area is 117 Å². The van der Waals surface area contributed by atoms with Crippen LogP contribution in [-0.2, 0) is 6.54 Å². The van der Waals surface area contributed by atoms with Crippen LogP contribution in [0, 0.1) is 17.3 Å². The molecule has 2 N–H and O–H groups in total. The van der Waals surface area contributed by atoms with E-state index in [9.17, 15) is 0 Å². The van der Waals surface area contributed by atoms with Crippen LogP contribution in [0.4, 0.5) is 0 Å². The van der Waals surface area contributed by atoms with Crippen molar-refractivity contribution in [3.63, 3.8) is 0 Å². The largest absolute Gasteiger partial charge is 0.320 e. The van der Waals surface area contributed by atoms with Gasteiger partial charge in [-0.3, -0.25) is 4.90 Å². The van der Waals surface area contributed by atoms with Crippen LogP contribution < -0.4 is 5.73 Å². The van der Waals surface area contributed by atoms with E-state index in [2.05, 4.69) is 54.9 Å². The van der Waals surface area contributed by atoms with Crippen molar-refractivity contribution in [3.05, 3.63) is 35.4 Å². The van der Waals surface area contributed by atoms with Gasteiger partial charge in [-0.05, 0) is 49.0 Å². The van der Waals surface area contributed by atoms with Crippen LogP contribution in [0.3, 0.4) is 0 Å². The Morgan fingerprint density at radius 1 is 1.16 bits per heavy atom. The van der Waals surface area contributed by atoms with E-state index in [1.165, 1.54) is 31.5 Å². The molecular weight excluding hydrogens is 232 g/mol. The fourth-order valence-corrected chi connectivity index (χ4v) is 2.42. The first-order valence-electron chi connectivity index (χ1n) is 7.09. The number of nitrogens with two attached hydrogens (primary N) is 1. The van der Waals surface area contributed by atoms with Gasteiger partial charge in [0.25, 0.3) is 0 Å². The van der Waals surface area contributed by atoms with Gasteiger partial charge in [0.2, 0.25) is 0 Å². The van der Waals surface area contributed by atoms with Crippen LogP contribution in [0.2, 0.25) is 0 Å². The summed E-state index contributed by atoms with van der Waals surface area (Å²) >= 11 is 0. The Hall–Kier alpha value is -1.30. The van der Waals surface area contributed by atoms with Crippen molar-refractivity contribution in [1.82, 2.24) is 4.90 Å². The zero-order valence-electron chi connectivity index (χ0n) is 12.1. The van der Waals surface area contributed by atoms with Gasteiger partial charge in [-0.15, -0.1) is 0 Å². The zero-order chi connectivity index (χ0) is 13.7. The Balaban J connectivity index is 1.90. The second-order valence-corrected chi connectivity index (χ2v) is 6.14. The highest BCUT2D eigenvalue weighted by Crippen LogP contribution is 2.30. The average Bonchev–Trinajstić information content (AvgIpc) is 2.40. The molecule has 1 heterocycles. The van der Waals surface area contributed by atoms with E-state index in [1.807, 2.05) is 0 Å². The molecule has 0 amide bonds. The van der Waals surface area contributed by atoms with Crippen molar-refractivity contribution in [2.45, 2.75) is 33.2 Å². The van der Waals surface area contributed by atoms with E-state index in [-0.39, 0.29) is 0 Å². The van der Waals surface area contributed by atoms with Crippen LogP contribution in [-0.4, -0.2) is 24.5 Å². The molecule has 0 bridgehead atoms. The molecule has 2 nitrogen and oxygen atoms in total. The van der Waals surface area contributed by atoms with Crippen LogP contribution in [0.15, 0.2) is 24.3 Å². The van der Waals surface area contributed by atoms with Crippen molar-refractivity contribution >= 4 is 0 Å². The van der Waals surface area contributed by atoms with E-state index >= 15 is 0 Å². The minimum Gasteiger partial charge on any atom is -0.320 e. The SMILES string of the molecule is CC1(C)CCN(Cc2ccc(C#CCN)cc2)CC1. The van der Waals surface area contributed by atoms with Gasteiger partial charge in [-0.2, -0.15) is 0 Å². The quantitative estimate of drug-likeness (QED) is 0.824. The lowest BCUT2D eigenvalue weighted by Gasteiger charge is -2.36. The van der Waals surface area contributed by atoms with Gasteiger partial charge < -0.3 is 5.73 Å². The molecule has 0 atom stereocenters. The third kappa shape index (κ3) is 4.38. The van der Waals surface area contributed by atoms with Crippen LogP contribution >= 0.6 is 0 Å². The first kappa shape index (κ1) is 14.1. The molecule has 19 heavy (non-hydrogen) atoms. The lowest BCUT2D eigenvalue weighted by Crippen LogP contribution is -2.36. The van der Waals surface area contributed by atoms with Gasteiger partial charge in [-0.1, -0.05) is 37.8 Å². The van der Waals surface area contributed by atoms with Crippen molar-refractivity contribution in [2.24, 2.45) is 11.1 Å². The normalized spacial score (nSPS) is 18.7. The molecule has 0 aromatic heterocycles. The number of likely N-dealkylation sites (tertiary alicyclic amines) is 1. The highest BCUT2D eigenvalue weighted by atomic mass is 15.1. The Kier molecular flexibility index (Phi) is 4.63. The van der Waals surface area contributed by atoms with Crippen LogP contribution in [0.25, 0.3) is 0 Å². The molecular formula is C17H24N2. The summed E-state index contributed by atoms with van der Waals surface area (Å²) in [5.74, 6) is 5.94. The van der Waals surface area contributed by atoms with E-state index in [1.54, 1.807) is 0 Å². The molecule has 1 aliphatic heterocycles. The van der Waals surface area contributed by atoms with Gasteiger partial charge in [0.15, 0.2) is 0 Å². The maximum absolute atomic E-state index is 5.37. The number of rotatable bonds is 2. The number of nitrogens with zero attached hydrogens (tertiary/aromatic N) is 1. The summed E-state index contributed by atoms with van der Waals surface area (Å²) in [6.07, 6.45) is 2.60. The standard InChI is InChI=1S/C17H24N2/c1-17(2)9-12-19(13-10-17)14-16-7-5-15(6-8-16)4-3-11-18/h5-8H,9-14,18H2,1-2H3. The molecule has 0 aliphatic carbocycles. The summed E-state index contributed by atoms with van der Waals surface area (Å²) in [4.78, 5) is 2.55. The highest BCUT2D eigenvalue weighted by Gasteiger charge is 2.24. The van der Waals surface area contributed by atoms with Crippen LogP contribution in [0.5, 0.6) is 0 Å². The van der Waals surface area contributed by atoms with E-state index in [0.717, 1.165) is 12.1 Å². The molecule has 1 fully saturated rings. The minimum absolute atomic E-state index is 0.422. The van der Waals surface area contributed by atoms with Crippen molar-refractivity contribution in [1.29, 1.82) is 0 Å². The topological polar surface area (TPSA) is 29.3 Å². The molecule has 0 radical (unpaired) electrons. The predicted molar refractivity (Wildman–Crippen MR) is 80.7 cm³/mol. The van der Waals surface area contributed by atoms with Gasteiger partial charge in [-0.25, -0.2) is 0 Å². The molecule has 102 valence electrons. The Morgan fingerprint density at radius 3 is 2.37 bits per heavy atom. The maximum Gasteiger partial charge on any atom is 0.0555 e. The maximum atomic E-state index is 5.37. The summed E-state index contributed by atoms with van der Waals surface area (Å²) in [6, 6.07) is 8.54. The zero-order valence-corrected chi connectivity index (χ0v) is 12.1. The number of hydrogen-bond donors (Lipinski definition) is 1. The Morgan fingerprint density at radius 2 is 1.79 bits per heavy atom. The van der Waals surface area contributed by atoms with Gasteiger partial charge in [0, 0.05) is 12.1 Å². The molecule has 0 saturated carbocycles. The third-order valence-corrected chi connectivity index (χ3v) is 3.90. The van der Waals surface area contributed by atoms with E-state index in [4.69, 9.17) is 5.73 Å².